The van der Waals surface area contributed by atoms with Gasteiger partial charge in [0.2, 0.25) is 0 Å². The Morgan fingerprint density at radius 2 is 1.93 bits per heavy atom. The van der Waals surface area contributed by atoms with Crippen molar-refractivity contribution in [2.45, 2.75) is 51.6 Å². The van der Waals surface area contributed by atoms with Crippen molar-refractivity contribution in [2.24, 2.45) is 0 Å². The smallest absolute Gasteiger partial charge is 0.137 e. The predicted octanol–water partition coefficient (Wildman–Crippen LogP) is 4.75. The van der Waals surface area contributed by atoms with Crippen LogP contribution in [0.25, 0.3) is 16.9 Å². The fourth-order valence-corrected chi connectivity index (χ4v) is 4.31. The van der Waals surface area contributed by atoms with Gasteiger partial charge in [-0.2, -0.15) is 0 Å². The third-order valence-electron chi connectivity index (χ3n) is 5.78. The highest BCUT2D eigenvalue weighted by atomic mass is 16.5. The van der Waals surface area contributed by atoms with Crippen LogP contribution in [0, 0.1) is 0 Å². The molecule has 1 aliphatic rings. The van der Waals surface area contributed by atoms with Crippen LogP contribution in [0.4, 0.5) is 5.69 Å². The number of rotatable bonds is 6. The molecule has 4 rings (SSSR count). The number of imidazole rings is 1. The van der Waals surface area contributed by atoms with Gasteiger partial charge in [0.1, 0.15) is 11.4 Å². The number of hydrogen-bond acceptors (Lipinski definition) is 4. The van der Waals surface area contributed by atoms with Crippen LogP contribution < -0.4 is 10.5 Å². The Kier molecular flexibility index (Phi) is 5.53. The summed E-state index contributed by atoms with van der Waals surface area (Å²) in [4.78, 5) is 7.45. The lowest BCUT2D eigenvalue weighted by atomic mass is 9.94. The van der Waals surface area contributed by atoms with Crippen molar-refractivity contribution in [1.29, 1.82) is 0 Å². The van der Waals surface area contributed by atoms with Crippen molar-refractivity contribution in [3.8, 4) is 17.0 Å². The number of aromatic nitrogens is 2. The maximum atomic E-state index is 6.11. The van der Waals surface area contributed by atoms with Gasteiger partial charge in [0, 0.05) is 30.0 Å². The third kappa shape index (κ3) is 3.72. The summed E-state index contributed by atoms with van der Waals surface area (Å²) < 4.78 is 8.05. The molecule has 2 N–H and O–H groups in total. The molecule has 1 fully saturated rings. The summed E-state index contributed by atoms with van der Waals surface area (Å²) in [6.45, 7) is 3.48. The minimum absolute atomic E-state index is 0.634. The Balaban J connectivity index is 1.79. The summed E-state index contributed by atoms with van der Waals surface area (Å²) in [5.41, 5.74) is 11.0. The number of benzene rings is 1. The van der Waals surface area contributed by atoms with Gasteiger partial charge in [0.25, 0.3) is 0 Å². The standard InChI is InChI=1S/C23H30N4O/c1-3-28-21-12-8-7-11-19(21)23-20(16-26(2)18-9-5-4-6-10-18)27-15-17(24)13-14-22(27)25-23/h7-8,11-15,18H,3-6,9-10,16,24H2,1-2H3. The van der Waals surface area contributed by atoms with Gasteiger partial charge < -0.3 is 14.9 Å². The first-order valence-electron chi connectivity index (χ1n) is 10.4. The molecule has 1 saturated carbocycles. The number of hydrogen-bond donors (Lipinski definition) is 1. The molecule has 28 heavy (non-hydrogen) atoms. The molecule has 2 heterocycles. The van der Waals surface area contributed by atoms with Crippen molar-refractivity contribution in [1.82, 2.24) is 14.3 Å². The predicted molar refractivity (Wildman–Crippen MR) is 115 cm³/mol. The molecule has 1 aliphatic carbocycles. The molecule has 3 aromatic rings. The van der Waals surface area contributed by atoms with E-state index in [1.165, 1.54) is 37.8 Å². The maximum Gasteiger partial charge on any atom is 0.137 e. The summed E-state index contributed by atoms with van der Waals surface area (Å²) in [5.74, 6) is 0.878. The number of ether oxygens (including phenoxy) is 1. The van der Waals surface area contributed by atoms with E-state index < -0.39 is 0 Å². The molecular weight excluding hydrogens is 348 g/mol. The van der Waals surface area contributed by atoms with Gasteiger partial charge in [-0.15, -0.1) is 0 Å². The molecule has 1 aromatic carbocycles. The van der Waals surface area contributed by atoms with E-state index >= 15 is 0 Å². The zero-order valence-corrected chi connectivity index (χ0v) is 16.9. The summed E-state index contributed by atoms with van der Waals surface area (Å²) in [7, 11) is 2.24. The second kappa shape index (κ2) is 8.23. The third-order valence-corrected chi connectivity index (χ3v) is 5.78. The molecule has 0 atom stereocenters. The molecule has 0 amide bonds. The van der Waals surface area contributed by atoms with Gasteiger partial charge in [0.05, 0.1) is 18.0 Å². The molecule has 5 heteroatoms. The van der Waals surface area contributed by atoms with E-state index in [-0.39, 0.29) is 0 Å². The Bertz CT molecular complexity index is 943. The van der Waals surface area contributed by atoms with Gasteiger partial charge in [-0.1, -0.05) is 31.4 Å². The second-order valence-corrected chi connectivity index (χ2v) is 7.73. The first-order chi connectivity index (χ1) is 13.7. The molecule has 0 aliphatic heterocycles. The Hall–Kier alpha value is -2.53. The molecule has 0 saturated heterocycles. The number of anilines is 1. The van der Waals surface area contributed by atoms with E-state index in [9.17, 15) is 0 Å². The fraction of sp³-hybridized carbons (Fsp3) is 0.435. The highest BCUT2D eigenvalue weighted by Gasteiger charge is 2.23. The van der Waals surface area contributed by atoms with Gasteiger partial charge in [-0.3, -0.25) is 4.90 Å². The first kappa shape index (κ1) is 18.8. The van der Waals surface area contributed by atoms with Gasteiger partial charge in [-0.25, -0.2) is 4.98 Å². The van der Waals surface area contributed by atoms with Gasteiger partial charge in [0.15, 0.2) is 0 Å². The Morgan fingerprint density at radius 1 is 1.14 bits per heavy atom. The molecule has 0 radical (unpaired) electrons. The SMILES string of the molecule is CCOc1ccccc1-c1nc2ccc(N)cn2c1CN(C)C1CCCCC1. The van der Waals surface area contributed by atoms with Gasteiger partial charge >= 0.3 is 0 Å². The largest absolute Gasteiger partial charge is 0.493 e. The highest BCUT2D eigenvalue weighted by molar-refractivity contribution is 5.72. The van der Waals surface area contributed by atoms with Crippen molar-refractivity contribution in [3.63, 3.8) is 0 Å². The quantitative estimate of drug-likeness (QED) is 0.673. The van der Waals surface area contributed by atoms with Crippen LogP contribution in [-0.4, -0.2) is 34.0 Å². The van der Waals surface area contributed by atoms with Crippen LogP contribution in [-0.2, 0) is 6.54 Å². The fourth-order valence-electron chi connectivity index (χ4n) is 4.31. The lowest BCUT2D eigenvalue weighted by molar-refractivity contribution is 0.182. The van der Waals surface area contributed by atoms with Crippen molar-refractivity contribution in [3.05, 3.63) is 48.3 Å². The summed E-state index contributed by atoms with van der Waals surface area (Å²) >= 11 is 0. The lowest BCUT2D eigenvalue weighted by Gasteiger charge is -2.31. The number of nitrogen functional groups attached to an aromatic ring is 1. The van der Waals surface area contributed by atoms with Crippen molar-refractivity contribution >= 4 is 11.3 Å². The molecule has 0 spiro atoms. The average molecular weight is 379 g/mol. The monoisotopic (exact) mass is 378 g/mol. The van der Waals surface area contributed by atoms with E-state index in [1.807, 2.05) is 43.5 Å². The molecule has 0 bridgehead atoms. The number of nitrogens with zero attached hydrogens (tertiary/aromatic N) is 3. The van der Waals surface area contributed by atoms with Crippen LogP contribution >= 0.6 is 0 Å². The number of nitrogens with two attached hydrogens (primary N) is 1. The Morgan fingerprint density at radius 3 is 2.71 bits per heavy atom. The molecule has 0 unspecified atom stereocenters. The Labute approximate surface area is 167 Å². The van der Waals surface area contributed by atoms with Crippen LogP contribution in [0.3, 0.4) is 0 Å². The normalized spacial score (nSPS) is 15.4. The van der Waals surface area contributed by atoms with Crippen LogP contribution in [0.2, 0.25) is 0 Å². The van der Waals surface area contributed by atoms with E-state index in [2.05, 4.69) is 22.4 Å². The summed E-state index contributed by atoms with van der Waals surface area (Å²) in [6.07, 6.45) is 8.56. The minimum Gasteiger partial charge on any atom is -0.493 e. The lowest BCUT2D eigenvalue weighted by Crippen LogP contribution is -2.33. The van der Waals surface area contributed by atoms with Crippen molar-refractivity contribution < 1.29 is 4.74 Å². The average Bonchev–Trinajstić information content (AvgIpc) is 3.07. The van der Waals surface area contributed by atoms with Crippen LogP contribution in [0.1, 0.15) is 44.7 Å². The molecular formula is C23H30N4O. The van der Waals surface area contributed by atoms with Crippen molar-refractivity contribution in [2.75, 3.05) is 19.4 Å². The van der Waals surface area contributed by atoms with Gasteiger partial charge in [-0.05, 0) is 51.1 Å². The highest BCUT2D eigenvalue weighted by Crippen LogP contribution is 2.34. The topological polar surface area (TPSA) is 55.8 Å². The molecule has 148 valence electrons. The molecule has 5 nitrogen and oxygen atoms in total. The van der Waals surface area contributed by atoms with Crippen LogP contribution in [0.15, 0.2) is 42.6 Å². The van der Waals surface area contributed by atoms with E-state index in [1.54, 1.807) is 0 Å². The minimum atomic E-state index is 0.634. The van der Waals surface area contributed by atoms with E-state index in [4.69, 9.17) is 15.5 Å². The van der Waals surface area contributed by atoms with E-state index in [0.717, 1.165) is 34.9 Å². The van der Waals surface area contributed by atoms with E-state index in [0.29, 0.717) is 12.6 Å². The first-order valence-corrected chi connectivity index (χ1v) is 10.4. The zero-order valence-electron chi connectivity index (χ0n) is 16.9. The second-order valence-electron chi connectivity index (χ2n) is 7.73. The van der Waals surface area contributed by atoms with Crippen LogP contribution in [0.5, 0.6) is 5.75 Å². The summed E-state index contributed by atoms with van der Waals surface area (Å²) in [5, 5.41) is 0. The maximum absolute atomic E-state index is 6.11. The number of para-hydroxylation sites is 1. The molecule has 2 aromatic heterocycles. The zero-order chi connectivity index (χ0) is 19.5. The number of pyridine rings is 1. The number of fused-ring (bicyclic) bond motifs is 1. The summed E-state index contributed by atoms with van der Waals surface area (Å²) in [6, 6.07) is 12.7.